The molecule has 0 spiro atoms. The van der Waals surface area contributed by atoms with E-state index in [1.807, 2.05) is 0 Å². The first-order chi connectivity index (χ1) is 7.39. The van der Waals surface area contributed by atoms with Crippen molar-refractivity contribution in [3.63, 3.8) is 0 Å². The Morgan fingerprint density at radius 3 is 2.50 bits per heavy atom. The fraction of sp³-hybridized carbons (Fsp3) is 0.467. The van der Waals surface area contributed by atoms with Crippen LogP contribution < -0.4 is 5.32 Å². The van der Waals surface area contributed by atoms with Crippen molar-refractivity contribution >= 4 is 11.3 Å². The highest BCUT2D eigenvalue weighted by Gasteiger charge is 2.22. The van der Waals surface area contributed by atoms with Crippen molar-refractivity contribution in [2.24, 2.45) is 0 Å². The Kier molecular flexibility index (Phi) is 2.57. The van der Waals surface area contributed by atoms with Crippen LogP contribution in [-0.4, -0.2) is 5.54 Å². The third kappa shape index (κ3) is 1.99. The minimum Gasteiger partial charge on any atom is -0.376 e. The molecule has 1 aromatic carbocycles. The monoisotopic (exact) mass is 217 g/mol. The predicted molar refractivity (Wildman–Crippen MR) is 71.9 cm³/mol. The zero-order valence-electron chi connectivity index (χ0n) is 10.9. The van der Waals surface area contributed by atoms with E-state index in [2.05, 4.69) is 64.2 Å². The first-order valence-electron chi connectivity index (χ1n) is 6.01. The topological polar surface area (TPSA) is 12.0 Å². The van der Waals surface area contributed by atoms with Crippen LogP contribution in [0.3, 0.4) is 0 Å². The molecule has 0 atom stereocenters. The molecule has 0 amide bonds. The largest absolute Gasteiger partial charge is 0.376 e. The Bertz CT molecular complexity index is 439. The third-order valence-electron chi connectivity index (χ3n) is 3.17. The van der Waals surface area contributed by atoms with Crippen LogP contribution in [0.25, 0.3) is 5.57 Å². The van der Waals surface area contributed by atoms with E-state index in [4.69, 9.17) is 0 Å². The second kappa shape index (κ2) is 3.65. The van der Waals surface area contributed by atoms with Crippen LogP contribution in [0.15, 0.2) is 24.3 Å². The molecule has 1 N–H and O–H groups in total. The van der Waals surface area contributed by atoms with Gasteiger partial charge in [-0.3, -0.25) is 0 Å². The fourth-order valence-electron chi connectivity index (χ4n) is 2.36. The van der Waals surface area contributed by atoms with Gasteiger partial charge in [-0.2, -0.15) is 0 Å². The lowest BCUT2D eigenvalue weighted by molar-refractivity contribution is 0.707. The molecule has 1 heterocycles. The summed E-state index contributed by atoms with van der Waals surface area (Å²) in [7, 11) is 0. The van der Waals surface area contributed by atoms with E-state index in [1.165, 1.54) is 22.4 Å². The van der Waals surface area contributed by atoms with Crippen molar-refractivity contribution in [3.05, 3.63) is 35.4 Å². The number of benzene rings is 1. The molecule has 0 radical (unpaired) electrons. The molecule has 1 nitrogen and oxygen atoms in total. The van der Waals surface area contributed by atoms with Gasteiger partial charge in [0.2, 0.25) is 0 Å². The smallest absolute Gasteiger partial charge is 0.0505 e. The van der Waals surface area contributed by atoms with Gasteiger partial charge >= 0.3 is 0 Å². The van der Waals surface area contributed by atoms with E-state index in [0.29, 0.717) is 5.92 Å². The molecule has 1 aromatic rings. The highest BCUT2D eigenvalue weighted by Crippen LogP contribution is 2.35. The number of hydrogen-bond donors (Lipinski definition) is 1. The predicted octanol–water partition coefficient (Wildman–Crippen LogP) is 4.42. The standard InChI is InChI=1S/C15H21N/c1-10(2)12-6-7-14-13(8-12)11(3)9-15(4,5)16-14/h6-10,16H,1-5H3/i11+1,15+1. The average Bonchev–Trinajstić information content (AvgIpc) is 2.15. The Labute approximate surface area is 98.6 Å². The van der Waals surface area contributed by atoms with Gasteiger partial charge in [-0.15, -0.1) is 0 Å². The number of allylic oxidation sites excluding steroid dienone is 1. The highest BCUT2D eigenvalue weighted by molar-refractivity contribution is 5.80. The maximum absolute atomic E-state index is 3.56. The van der Waals surface area contributed by atoms with E-state index in [1.54, 1.807) is 0 Å². The van der Waals surface area contributed by atoms with Crippen LogP contribution in [0.4, 0.5) is 5.69 Å². The first-order valence-corrected chi connectivity index (χ1v) is 6.01. The van der Waals surface area contributed by atoms with E-state index in [-0.39, 0.29) is 5.54 Å². The lowest BCUT2D eigenvalue weighted by atomic mass is 10.0. The molecule has 0 saturated heterocycles. The molecule has 1 aliphatic rings. The Morgan fingerprint density at radius 2 is 1.88 bits per heavy atom. The molecule has 0 saturated carbocycles. The van der Waals surface area contributed by atoms with E-state index in [0.717, 1.165) is 0 Å². The normalized spacial score (nSPS) is 17.8. The van der Waals surface area contributed by atoms with Crippen LogP contribution >= 0.6 is 0 Å². The number of anilines is 1. The lowest BCUT2D eigenvalue weighted by Crippen LogP contribution is -2.31. The number of fused-ring (bicyclic) bond motifs is 1. The van der Waals surface area contributed by atoms with Gasteiger partial charge in [0, 0.05) is 11.3 Å². The zero-order valence-corrected chi connectivity index (χ0v) is 10.9. The summed E-state index contributed by atoms with van der Waals surface area (Å²) in [4.78, 5) is 0. The minimum absolute atomic E-state index is 0.0659. The molecule has 0 fully saturated rings. The second-order valence-electron chi connectivity index (χ2n) is 5.63. The van der Waals surface area contributed by atoms with Crippen LogP contribution in [0, 0.1) is 0 Å². The van der Waals surface area contributed by atoms with Crippen molar-refractivity contribution in [1.29, 1.82) is 0 Å². The van der Waals surface area contributed by atoms with Crippen molar-refractivity contribution < 1.29 is 0 Å². The molecular formula is C15H21N. The molecule has 0 unspecified atom stereocenters. The molecule has 1 heteroatoms. The molecule has 86 valence electrons. The maximum atomic E-state index is 3.56. The second-order valence-corrected chi connectivity index (χ2v) is 5.63. The summed E-state index contributed by atoms with van der Waals surface area (Å²) in [6.07, 6.45) is 2.30. The summed E-state index contributed by atoms with van der Waals surface area (Å²) in [5, 5.41) is 3.56. The lowest BCUT2D eigenvalue weighted by Gasteiger charge is -2.31. The Balaban J connectivity index is 2.50. The summed E-state index contributed by atoms with van der Waals surface area (Å²) >= 11 is 0. The fourth-order valence-corrected chi connectivity index (χ4v) is 2.36. The van der Waals surface area contributed by atoms with Gasteiger partial charge in [-0.05, 0) is 50.0 Å². The first kappa shape index (κ1) is 11.3. The average molecular weight is 217 g/mol. The van der Waals surface area contributed by atoms with Gasteiger partial charge in [-0.1, -0.05) is 26.0 Å². The summed E-state index contributed by atoms with van der Waals surface area (Å²) in [6.45, 7) is 11.1. The number of nitrogens with one attached hydrogen (secondary N) is 1. The Morgan fingerprint density at radius 1 is 1.19 bits per heavy atom. The molecule has 16 heavy (non-hydrogen) atoms. The van der Waals surface area contributed by atoms with Gasteiger partial charge in [0.1, 0.15) is 0 Å². The van der Waals surface area contributed by atoms with Crippen molar-refractivity contribution in [2.45, 2.75) is 46.1 Å². The third-order valence-corrected chi connectivity index (χ3v) is 3.17. The quantitative estimate of drug-likeness (QED) is 0.687. The zero-order chi connectivity index (χ0) is 11.9. The number of rotatable bonds is 1. The van der Waals surface area contributed by atoms with Crippen LogP contribution in [-0.2, 0) is 0 Å². The van der Waals surface area contributed by atoms with Gasteiger partial charge in [0.15, 0.2) is 0 Å². The summed E-state index contributed by atoms with van der Waals surface area (Å²) in [5.41, 5.74) is 5.46. The van der Waals surface area contributed by atoms with Crippen LogP contribution in [0.1, 0.15) is 51.7 Å². The van der Waals surface area contributed by atoms with E-state index in [9.17, 15) is 0 Å². The molecular weight excluding hydrogens is 196 g/mol. The van der Waals surface area contributed by atoms with Crippen LogP contribution in [0.5, 0.6) is 0 Å². The molecule has 2 rings (SSSR count). The summed E-state index contributed by atoms with van der Waals surface area (Å²) in [6, 6.07) is 6.75. The minimum atomic E-state index is 0.0659. The van der Waals surface area contributed by atoms with Crippen molar-refractivity contribution in [1.82, 2.24) is 0 Å². The molecule has 0 aromatic heterocycles. The van der Waals surface area contributed by atoms with E-state index >= 15 is 0 Å². The van der Waals surface area contributed by atoms with Gasteiger partial charge in [0.25, 0.3) is 0 Å². The van der Waals surface area contributed by atoms with Gasteiger partial charge in [-0.25, -0.2) is 0 Å². The molecule has 0 aliphatic carbocycles. The molecule has 1 aliphatic heterocycles. The van der Waals surface area contributed by atoms with E-state index < -0.39 is 0 Å². The van der Waals surface area contributed by atoms with Gasteiger partial charge in [0.05, 0.1) is 5.54 Å². The SMILES string of the molecule is CC(C)c1ccc2c(c1)[13C](C)=C[13C](C)(C)N2. The van der Waals surface area contributed by atoms with Gasteiger partial charge < -0.3 is 5.32 Å². The summed E-state index contributed by atoms with van der Waals surface area (Å²) < 4.78 is 0. The summed E-state index contributed by atoms with van der Waals surface area (Å²) in [5.74, 6) is 0.591. The Hall–Kier alpha value is -1.24. The van der Waals surface area contributed by atoms with Crippen molar-refractivity contribution in [3.8, 4) is 0 Å². The maximum Gasteiger partial charge on any atom is 0.0505 e. The molecule has 0 bridgehead atoms. The van der Waals surface area contributed by atoms with Crippen LogP contribution in [0.2, 0.25) is 0 Å². The van der Waals surface area contributed by atoms with Crippen molar-refractivity contribution in [2.75, 3.05) is 5.32 Å². The highest BCUT2D eigenvalue weighted by atomic mass is 15.2. The number of hydrogen-bond acceptors (Lipinski definition) is 1.